The van der Waals surface area contributed by atoms with E-state index >= 15 is 0 Å². The van der Waals surface area contributed by atoms with Gasteiger partial charge < -0.3 is 15.8 Å². The zero-order valence-corrected chi connectivity index (χ0v) is 14.2. The van der Waals surface area contributed by atoms with Crippen molar-refractivity contribution in [3.63, 3.8) is 0 Å². The summed E-state index contributed by atoms with van der Waals surface area (Å²) in [5.41, 5.74) is 7.33. The number of hydrogen-bond acceptors (Lipinski definition) is 3. The number of benzene rings is 1. The first-order chi connectivity index (χ1) is 9.87. The van der Waals surface area contributed by atoms with Crippen molar-refractivity contribution >= 4 is 24.0 Å². The third kappa shape index (κ3) is 2.34. The van der Waals surface area contributed by atoms with Gasteiger partial charge in [0.15, 0.2) is 0 Å². The Labute approximate surface area is 138 Å². The number of carbonyl (C=O) groups excluding carboxylic acids is 1. The van der Waals surface area contributed by atoms with Crippen LogP contribution in [0.1, 0.15) is 32.3 Å². The highest BCUT2D eigenvalue weighted by Crippen LogP contribution is 2.57. The average Bonchev–Trinajstić information content (AvgIpc) is 2.48. The predicted octanol–water partition coefficient (Wildman–Crippen LogP) is 2.89. The monoisotopic (exact) mass is 324 g/mol. The van der Waals surface area contributed by atoms with E-state index in [2.05, 4.69) is 5.32 Å². The van der Waals surface area contributed by atoms with E-state index in [4.69, 9.17) is 10.5 Å². The summed E-state index contributed by atoms with van der Waals surface area (Å²) >= 11 is 0. The maximum Gasteiger partial charge on any atom is 0.245 e. The molecule has 5 heteroatoms. The van der Waals surface area contributed by atoms with E-state index in [0.29, 0.717) is 0 Å². The minimum atomic E-state index is -0.858. The highest BCUT2D eigenvalue weighted by atomic mass is 35.5. The van der Waals surface area contributed by atoms with Crippen LogP contribution in [0.15, 0.2) is 24.3 Å². The van der Waals surface area contributed by atoms with Crippen molar-refractivity contribution in [2.24, 2.45) is 17.1 Å². The Bertz CT molecular complexity index is 558. The van der Waals surface area contributed by atoms with E-state index < -0.39 is 5.54 Å². The second kappa shape index (κ2) is 5.84. The van der Waals surface area contributed by atoms with Crippen LogP contribution in [0.3, 0.4) is 0 Å². The van der Waals surface area contributed by atoms with Crippen molar-refractivity contribution < 1.29 is 9.53 Å². The van der Waals surface area contributed by atoms with Gasteiger partial charge in [-0.1, -0.05) is 31.5 Å². The summed E-state index contributed by atoms with van der Waals surface area (Å²) in [5, 5.41) is 2.98. The maximum absolute atomic E-state index is 12.8. The van der Waals surface area contributed by atoms with E-state index in [-0.39, 0.29) is 35.8 Å². The molecular weight excluding hydrogens is 300 g/mol. The second-order valence-corrected chi connectivity index (χ2v) is 6.95. The van der Waals surface area contributed by atoms with Gasteiger partial charge in [-0.05, 0) is 31.9 Å². The lowest BCUT2D eigenvalue weighted by atomic mass is 9.46. The number of anilines is 1. The van der Waals surface area contributed by atoms with Gasteiger partial charge in [0.2, 0.25) is 5.91 Å². The molecule has 1 aliphatic carbocycles. The summed E-state index contributed by atoms with van der Waals surface area (Å²) in [6.45, 7) is 6.87. The van der Waals surface area contributed by atoms with Crippen LogP contribution >= 0.6 is 12.4 Å². The van der Waals surface area contributed by atoms with E-state index in [1.807, 2.05) is 45.0 Å². The SMILES string of the molecule is Cc1ccc(NC(=O)C2(N)C3CCCOC3C2(C)C)cc1.Cl. The van der Waals surface area contributed by atoms with Crippen LogP contribution in [0, 0.1) is 18.3 Å². The standard InChI is InChI=1S/C17H24N2O2.ClH/c1-11-6-8-12(9-7-11)19-15(20)17(18)13-5-4-10-21-14(13)16(17,2)3;/h6-9,13-14H,4-5,10,18H2,1-3H3,(H,19,20);1H. The summed E-state index contributed by atoms with van der Waals surface area (Å²) < 4.78 is 5.84. The molecule has 3 atom stereocenters. The first-order valence-electron chi connectivity index (χ1n) is 7.66. The molecule has 2 fully saturated rings. The van der Waals surface area contributed by atoms with Crippen LogP contribution in [0.2, 0.25) is 0 Å². The van der Waals surface area contributed by atoms with E-state index in [1.54, 1.807) is 0 Å². The normalized spacial score (nSPS) is 32.2. The van der Waals surface area contributed by atoms with Crippen molar-refractivity contribution in [1.29, 1.82) is 0 Å². The van der Waals surface area contributed by atoms with Crippen LogP contribution in [-0.2, 0) is 9.53 Å². The van der Waals surface area contributed by atoms with Crippen LogP contribution < -0.4 is 11.1 Å². The molecule has 0 spiro atoms. The number of aryl methyl sites for hydroxylation is 1. The molecular formula is C17H25ClN2O2. The number of rotatable bonds is 2. The number of ether oxygens (including phenoxy) is 1. The first kappa shape index (κ1) is 17.3. The van der Waals surface area contributed by atoms with E-state index in [1.165, 1.54) is 5.56 Å². The summed E-state index contributed by atoms with van der Waals surface area (Å²) in [4.78, 5) is 12.8. The van der Waals surface area contributed by atoms with Gasteiger partial charge in [0.1, 0.15) is 5.54 Å². The fourth-order valence-corrected chi connectivity index (χ4v) is 3.91. The molecule has 0 aromatic heterocycles. The number of hydrogen-bond donors (Lipinski definition) is 2. The summed E-state index contributed by atoms with van der Waals surface area (Å²) in [5.74, 6) is 0.0230. The molecule has 1 heterocycles. The lowest BCUT2D eigenvalue weighted by Crippen LogP contribution is -2.81. The minimum absolute atomic E-state index is 0. The van der Waals surface area contributed by atoms with Gasteiger partial charge >= 0.3 is 0 Å². The van der Waals surface area contributed by atoms with Crippen LogP contribution in [0.4, 0.5) is 5.69 Å². The zero-order chi connectivity index (χ0) is 15.3. The molecule has 1 amide bonds. The van der Waals surface area contributed by atoms with Gasteiger partial charge in [-0.25, -0.2) is 0 Å². The van der Waals surface area contributed by atoms with E-state index in [9.17, 15) is 4.79 Å². The molecule has 3 unspecified atom stereocenters. The topological polar surface area (TPSA) is 64.4 Å². The Kier molecular flexibility index (Phi) is 4.58. The summed E-state index contributed by atoms with van der Waals surface area (Å²) in [6, 6.07) is 7.79. The second-order valence-electron chi connectivity index (χ2n) is 6.95. The molecule has 4 nitrogen and oxygen atoms in total. The Hall–Kier alpha value is -1.10. The Morgan fingerprint density at radius 1 is 1.32 bits per heavy atom. The third-order valence-electron chi connectivity index (χ3n) is 5.37. The summed E-state index contributed by atoms with van der Waals surface area (Å²) in [6.07, 6.45) is 2.04. The fraction of sp³-hybridized carbons (Fsp3) is 0.588. The van der Waals surface area contributed by atoms with Crippen molar-refractivity contribution in [1.82, 2.24) is 0 Å². The molecule has 0 bridgehead atoms. The largest absolute Gasteiger partial charge is 0.377 e. The average molecular weight is 325 g/mol. The van der Waals surface area contributed by atoms with Crippen LogP contribution in [0.25, 0.3) is 0 Å². The van der Waals surface area contributed by atoms with Crippen LogP contribution in [0.5, 0.6) is 0 Å². The van der Waals surface area contributed by atoms with Gasteiger partial charge in [-0.3, -0.25) is 4.79 Å². The fourth-order valence-electron chi connectivity index (χ4n) is 3.91. The van der Waals surface area contributed by atoms with E-state index in [0.717, 1.165) is 25.1 Å². The highest BCUT2D eigenvalue weighted by molar-refractivity contribution is 6.00. The Morgan fingerprint density at radius 3 is 2.59 bits per heavy atom. The predicted molar refractivity (Wildman–Crippen MR) is 90.2 cm³/mol. The van der Waals surface area contributed by atoms with Gasteiger partial charge in [0.05, 0.1) is 6.10 Å². The molecule has 1 saturated heterocycles. The Morgan fingerprint density at radius 2 is 1.95 bits per heavy atom. The number of carbonyl (C=O) groups is 1. The number of nitrogens with two attached hydrogens (primary N) is 1. The minimum Gasteiger partial charge on any atom is -0.377 e. The lowest BCUT2D eigenvalue weighted by Gasteiger charge is -2.65. The van der Waals surface area contributed by atoms with Crippen LogP contribution in [-0.4, -0.2) is 24.2 Å². The molecule has 0 radical (unpaired) electrons. The quantitative estimate of drug-likeness (QED) is 0.879. The van der Waals surface area contributed by atoms with Crippen molar-refractivity contribution in [2.75, 3.05) is 11.9 Å². The lowest BCUT2D eigenvalue weighted by molar-refractivity contribution is -0.222. The van der Waals surface area contributed by atoms with Crippen molar-refractivity contribution in [2.45, 2.75) is 45.3 Å². The molecule has 3 rings (SSSR count). The van der Waals surface area contributed by atoms with Crippen molar-refractivity contribution in [3.05, 3.63) is 29.8 Å². The first-order valence-corrected chi connectivity index (χ1v) is 7.66. The molecule has 22 heavy (non-hydrogen) atoms. The molecule has 1 aromatic rings. The molecule has 1 aliphatic heterocycles. The molecule has 1 saturated carbocycles. The number of nitrogens with one attached hydrogen (secondary N) is 1. The van der Waals surface area contributed by atoms with Gasteiger partial charge in [-0.2, -0.15) is 0 Å². The number of halogens is 1. The van der Waals surface area contributed by atoms with Gasteiger partial charge in [0, 0.05) is 23.6 Å². The van der Waals surface area contributed by atoms with Crippen molar-refractivity contribution in [3.8, 4) is 0 Å². The molecule has 1 aromatic carbocycles. The zero-order valence-electron chi connectivity index (χ0n) is 13.4. The Balaban J connectivity index is 0.00000176. The highest BCUT2D eigenvalue weighted by Gasteiger charge is 2.70. The molecule has 2 aliphatic rings. The van der Waals surface area contributed by atoms with Gasteiger partial charge in [0.25, 0.3) is 0 Å². The number of amides is 1. The van der Waals surface area contributed by atoms with Gasteiger partial charge in [-0.15, -0.1) is 12.4 Å². The smallest absolute Gasteiger partial charge is 0.245 e. The third-order valence-corrected chi connectivity index (χ3v) is 5.37. The molecule has 3 N–H and O–H groups in total. The maximum atomic E-state index is 12.8. The number of fused-ring (bicyclic) bond motifs is 1. The summed E-state index contributed by atoms with van der Waals surface area (Å²) in [7, 11) is 0. The molecule has 122 valence electrons.